The summed E-state index contributed by atoms with van der Waals surface area (Å²) >= 11 is 15.0. The summed E-state index contributed by atoms with van der Waals surface area (Å²) in [5.74, 6) is -0.699. The quantitative estimate of drug-likeness (QED) is 0.162. The van der Waals surface area contributed by atoms with Gasteiger partial charge in [-0.25, -0.2) is 5.43 Å². The smallest absolute Gasteiger partial charge is 0.339 e. The Kier molecular flexibility index (Phi) is 8.33. The van der Waals surface area contributed by atoms with Crippen LogP contribution in [0, 0.1) is 10.1 Å². The molecule has 0 radical (unpaired) electrons. The number of halogens is 3. The lowest BCUT2D eigenvalue weighted by Crippen LogP contribution is -2.17. The van der Waals surface area contributed by atoms with Crippen molar-refractivity contribution < 1.29 is 27.1 Å². The minimum Gasteiger partial charge on any atom is -0.493 e. The second-order valence-electron chi connectivity index (χ2n) is 6.65. The number of methoxy groups -OCH3 is 1. The number of rotatable bonds is 8. The van der Waals surface area contributed by atoms with E-state index >= 15 is 0 Å². The molecule has 0 fully saturated rings. The Morgan fingerprint density at radius 2 is 1.89 bits per heavy atom. The fourth-order valence-electron chi connectivity index (χ4n) is 2.67. The molecule has 0 aliphatic heterocycles. The number of carbonyl (C=O) groups is 1. The zero-order valence-corrected chi connectivity index (χ0v) is 21.5. The van der Waals surface area contributed by atoms with Crippen LogP contribution in [-0.4, -0.2) is 32.6 Å². The summed E-state index contributed by atoms with van der Waals surface area (Å²) in [5, 5.41) is 15.3. The Morgan fingerprint density at radius 1 is 1.14 bits per heavy atom. The summed E-state index contributed by atoms with van der Waals surface area (Å²) in [7, 11) is -3.13. The summed E-state index contributed by atoms with van der Waals surface area (Å²) in [6.45, 7) is 0. The maximum absolute atomic E-state index is 12.7. The van der Waals surface area contributed by atoms with Crippen molar-refractivity contribution in [2.45, 2.75) is 4.90 Å². The topological polar surface area (TPSA) is 137 Å². The van der Waals surface area contributed by atoms with Crippen LogP contribution in [0.5, 0.6) is 11.5 Å². The zero-order valence-electron chi connectivity index (χ0n) is 17.6. The Hall–Kier alpha value is -3.19. The van der Waals surface area contributed by atoms with Gasteiger partial charge < -0.3 is 8.92 Å². The van der Waals surface area contributed by atoms with Crippen molar-refractivity contribution in [2.24, 2.45) is 5.10 Å². The first kappa shape index (κ1) is 26.4. The minimum absolute atomic E-state index is 0.0191. The molecule has 0 unspecified atom stereocenters. The third-order valence-electron chi connectivity index (χ3n) is 4.32. The molecule has 3 aromatic carbocycles. The molecule has 14 heteroatoms. The van der Waals surface area contributed by atoms with Crippen LogP contribution in [0.2, 0.25) is 10.0 Å². The maximum Gasteiger partial charge on any atom is 0.339 e. The van der Waals surface area contributed by atoms with Crippen molar-refractivity contribution in [3.05, 3.63) is 90.4 Å². The van der Waals surface area contributed by atoms with E-state index in [9.17, 15) is 23.3 Å². The Bertz CT molecular complexity index is 1450. The molecule has 35 heavy (non-hydrogen) atoms. The Balaban J connectivity index is 1.81. The van der Waals surface area contributed by atoms with E-state index in [1.54, 1.807) is 0 Å². The van der Waals surface area contributed by atoms with E-state index in [0.29, 0.717) is 10.6 Å². The SMILES string of the molecule is COc1cc(/C=N\NC(=O)c2ccc(Cl)c(Cl)c2)cc(Br)c1OS(=O)(=O)c1cccc([N+](=O)[O-])c1. The van der Waals surface area contributed by atoms with Crippen molar-refractivity contribution in [1.82, 2.24) is 5.43 Å². The van der Waals surface area contributed by atoms with Gasteiger partial charge in [0.2, 0.25) is 0 Å². The average Bonchev–Trinajstić information content (AvgIpc) is 2.82. The molecule has 0 saturated carbocycles. The van der Waals surface area contributed by atoms with Gasteiger partial charge in [0.15, 0.2) is 11.5 Å². The Morgan fingerprint density at radius 3 is 2.54 bits per heavy atom. The fourth-order valence-corrected chi connectivity index (χ4v) is 4.62. The van der Waals surface area contributed by atoms with E-state index < -0.39 is 31.5 Å². The molecular weight excluding hydrogens is 589 g/mol. The van der Waals surface area contributed by atoms with Gasteiger partial charge in [0, 0.05) is 17.7 Å². The van der Waals surface area contributed by atoms with Crippen molar-refractivity contribution in [1.29, 1.82) is 0 Å². The van der Waals surface area contributed by atoms with Crippen molar-refractivity contribution in [3.63, 3.8) is 0 Å². The highest BCUT2D eigenvalue weighted by Gasteiger charge is 2.24. The van der Waals surface area contributed by atoms with Gasteiger partial charge >= 0.3 is 10.1 Å². The number of hydrogen-bond donors (Lipinski definition) is 1. The predicted octanol–water partition coefficient (Wildman–Crippen LogP) is 5.20. The number of nitro groups is 1. The molecule has 0 spiro atoms. The summed E-state index contributed by atoms with van der Waals surface area (Å²) in [4.78, 5) is 22.0. The van der Waals surface area contributed by atoms with Crippen molar-refractivity contribution >= 4 is 67.1 Å². The fraction of sp³-hybridized carbons (Fsp3) is 0.0476. The molecule has 182 valence electrons. The Labute approximate surface area is 217 Å². The number of benzene rings is 3. The van der Waals surface area contributed by atoms with Crippen molar-refractivity contribution in [3.8, 4) is 11.5 Å². The third kappa shape index (κ3) is 6.48. The second-order valence-corrected chi connectivity index (χ2v) is 9.87. The van der Waals surface area contributed by atoms with Gasteiger partial charge in [-0.05, 0) is 57.9 Å². The van der Waals surface area contributed by atoms with Gasteiger partial charge in [0.05, 0.1) is 32.8 Å². The number of carbonyl (C=O) groups excluding carboxylic acids is 1. The van der Waals surface area contributed by atoms with Gasteiger partial charge in [0.1, 0.15) is 4.90 Å². The lowest BCUT2D eigenvalue weighted by atomic mass is 10.2. The predicted molar refractivity (Wildman–Crippen MR) is 133 cm³/mol. The summed E-state index contributed by atoms with van der Waals surface area (Å²) in [6.07, 6.45) is 1.29. The summed E-state index contributed by atoms with van der Waals surface area (Å²) < 4.78 is 36.0. The molecule has 0 saturated heterocycles. The molecule has 0 bridgehead atoms. The largest absolute Gasteiger partial charge is 0.493 e. The summed E-state index contributed by atoms with van der Waals surface area (Å²) in [5.41, 5.74) is 2.58. The number of amides is 1. The highest BCUT2D eigenvalue weighted by molar-refractivity contribution is 9.10. The van der Waals surface area contributed by atoms with Gasteiger partial charge in [-0.2, -0.15) is 13.5 Å². The van der Waals surface area contributed by atoms with Crippen LogP contribution in [-0.2, 0) is 10.1 Å². The highest BCUT2D eigenvalue weighted by Crippen LogP contribution is 2.38. The van der Waals surface area contributed by atoms with E-state index in [1.807, 2.05) is 0 Å². The van der Waals surface area contributed by atoms with Crippen LogP contribution in [0.3, 0.4) is 0 Å². The van der Waals surface area contributed by atoms with Crippen LogP contribution >= 0.6 is 39.1 Å². The van der Waals surface area contributed by atoms with Crippen LogP contribution in [0.25, 0.3) is 0 Å². The van der Waals surface area contributed by atoms with Gasteiger partial charge in [-0.15, -0.1) is 0 Å². The van der Waals surface area contributed by atoms with Gasteiger partial charge in [-0.1, -0.05) is 29.3 Å². The van der Waals surface area contributed by atoms with Gasteiger partial charge in [0.25, 0.3) is 11.6 Å². The van der Waals surface area contributed by atoms with E-state index in [2.05, 4.69) is 26.5 Å². The number of nitro benzene ring substituents is 1. The van der Waals surface area contributed by atoms with Gasteiger partial charge in [-0.3, -0.25) is 14.9 Å². The average molecular weight is 603 g/mol. The highest BCUT2D eigenvalue weighted by atomic mass is 79.9. The van der Waals surface area contributed by atoms with E-state index in [-0.39, 0.29) is 26.6 Å². The molecule has 0 aliphatic carbocycles. The number of nitrogens with zero attached hydrogens (tertiary/aromatic N) is 2. The summed E-state index contributed by atoms with van der Waals surface area (Å²) in [6, 6.07) is 11.7. The van der Waals surface area contributed by atoms with E-state index in [0.717, 1.165) is 12.1 Å². The third-order valence-corrected chi connectivity index (χ3v) is 6.87. The molecule has 0 aromatic heterocycles. The number of hydrazone groups is 1. The first-order valence-corrected chi connectivity index (χ1v) is 12.3. The number of ether oxygens (including phenoxy) is 1. The van der Waals surface area contributed by atoms with Crippen LogP contribution < -0.4 is 14.3 Å². The van der Waals surface area contributed by atoms with Crippen molar-refractivity contribution in [2.75, 3.05) is 7.11 Å². The number of nitrogens with one attached hydrogen (secondary N) is 1. The molecule has 3 rings (SSSR count). The number of non-ortho nitro benzene ring substituents is 1. The molecule has 3 aromatic rings. The van der Waals surface area contributed by atoms with E-state index in [4.69, 9.17) is 32.1 Å². The van der Waals surface area contributed by atoms with Crippen LogP contribution in [0.4, 0.5) is 5.69 Å². The molecule has 10 nitrogen and oxygen atoms in total. The first-order valence-electron chi connectivity index (χ1n) is 9.37. The standard InChI is InChI=1S/C21H14BrCl2N3O7S/c1-33-19-8-12(11-25-26-21(28)13-5-6-17(23)18(24)9-13)7-16(22)20(19)34-35(31,32)15-4-2-3-14(10-15)27(29)30/h2-11H,1H3,(H,26,28)/b25-11-. The molecule has 0 heterocycles. The minimum atomic E-state index is -4.43. The molecule has 1 amide bonds. The molecular formula is C21H14BrCl2N3O7S. The lowest BCUT2D eigenvalue weighted by molar-refractivity contribution is -0.385. The zero-order chi connectivity index (χ0) is 25.8. The second kappa shape index (κ2) is 11.0. The van der Waals surface area contributed by atoms with Crippen LogP contribution in [0.1, 0.15) is 15.9 Å². The van der Waals surface area contributed by atoms with E-state index in [1.165, 1.54) is 55.8 Å². The molecule has 0 aliphatic rings. The monoisotopic (exact) mass is 601 g/mol. The molecule has 0 atom stereocenters. The lowest BCUT2D eigenvalue weighted by Gasteiger charge is -2.13. The normalized spacial score (nSPS) is 11.3. The van der Waals surface area contributed by atoms with Crippen LogP contribution in [0.15, 0.2) is 69.1 Å². The number of hydrogen-bond acceptors (Lipinski definition) is 8. The maximum atomic E-state index is 12.7. The molecule has 1 N–H and O–H groups in total. The first-order chi connectivity index (χ1) is 16.5.